The molecule has 4 nitrogen and oxygen atoms in total. The molecule has 2 atom stereocenters. The molecule has 1 aliphatic heterocycles. The van der Waals surface area contributed by atoms with Crippen molar-refractivity contribution in [2.24, 2.45) is 0 Å². The molecule has 0 bridgehead atoms. The number of hydrogen-bond acceptors (Lipinski definition) is 5. The maximum absolute atomic E-state index is 11.7. The minimum Gasteiger partial charge on any atom is -0.463 e. The molecule has 90 valence electrons. The lowest BCUT2D eigenvalue weighted by atomic mass is 10.1. The molecule has 0 radical (unpaired) electrons. The van der Waals surface area contributed by atoms with Gasteiger partial charge in [-0.3, -0.25) is 0 Å². The highest BCUT2D eigenvalue weighted by Gasteiger charge is 2.42. The van der Waals surface area contributed by atoms with E-state index in [0.717, 1.165) is 17.3 Å². The van der Waals surface area contributed by atoms with Gasteiger partial charge in [0.15, 0.2) is 0 Å². The number of cyclic esters (lactones) is 1. The maximum Gasteiger partial charge on any atom is 0.368 e. The molecular formula is C12H12O4S. The summed E-state index contributed by atoms with van der Waals surface area (Å²) in [6.45, 7) is 2.00. The van der Waals surface area contributed by atoms with Gasteiger partial charge in [0.1, 0.15) is 0 Å². The van der Waals surface area contributed by atoms with Crippen LogP contribution in [0, 0.1) is 0 Å². The Kier molecular flexibility index (Phi) is 3.68. The van der Waals surface area contributed by atoms with Crippen LogP contribution in [0.25, 0.3) is 0 Å². The normalized spacial score (nSPS) is 23.2. The number of rotatable bonds is 3. The molecule has 0 saturated carbocycles. The third-order valence-electron chi connectivity index (χ3n) is 2.37. The van der Waals surface area contributed by atoms with Crippen LogP contribution in [0.15, 0.2) is 30.3 Å². The molecule has 0 aromatic heterocycles. The fourth-order valence-electron chi connectivity index (χ4n) is 1.64. The van der Waals surface area contributed by atoms with E-state index in [2.05, 4.69) is 0 Å². The van der Waals surface area contributed by atoms with Crippen molar-refractivity contribution >= 4 is 23.0 Å². The van der Waals surface area contributed by atoms with Crippen molar-refractivity contribution in [3.05, 3.63) is 35.9 Å². The van der Waals surface area contributed by atoms with Gasteiger partial charge in [0, 0.05) is 0 Å². The van der Waals surface area contributed by atoms with E-state index in [1.807, 2.05) is 30.3 Å². The first-order valence-corrected chi connectivity index (χ1v) is 6.19. The van der Waals surface area contributed by atoms with Gasteiger partial charge >= 0.3 is 11.3 Å². The monoisotopic (exact) mass is 252 g/mol. The van der Waals surface area contributed by atoms with Crippen LogP contribution in [-0.4, -0.2) is 24.0 Å². The molecule has 0 spiro atoms. The van der Waals surface area contributed by atoms with Crippen molar-refractivity contribution in [3.63, 3.8) is 0 Å². The van der Waals surface area contributed by atoms with E-state index < -0.39 is 17.4 Å². The smallest absolute Gasteiger partial charge is 0.368 e. The third kappa shape index (κ3) is 2.61. The number of ether oxygens (including phenoxy) is 2. The molecular weight excluding hydrogens is 240 g/mol. The van der Waals surface area contributed by atoms with Crippen LogP contribution < -0.4 is 0 Å². The fourth-order valence-corrected chi connectivity index (χ4v) is 2.59. The van der Waals surface area contributed by atoms with Gasteiger partial charge in [-0.25, -0.2) is 9.59 Å². The molecule has 0 N–H and O–H groups in total. The van der Waals surface area contributed by atoms with Gasteiger partial charge in [0.05, 0.1) is 11.9 Å². The van der Waals surface area contributed by atoms with Crippen LogP contribution in [-0.2, 0) is 14.3 Å². The Morgan fingerprint density at radius 3 is 2.76 bits per heavy atom. The topological polar surface area (TPSA) is 52.6 Å². The highest BCUT2D eigenvalue weighted by Crippen LogP contribution is 2.41. The van der Waals surface area contributed by atoms with Crippen LogP contribution >= 0.6 is 11.8 Å². The lowest BCUT2D eigenvalue weighted by molar-refractivity contribution is -0.152. The van der Waals surface area contributed by atoms with Crippen LogP contribution in [0.2, 0.25) is 0 Å². The quantitative estimate of drug-likeness (QED) is 0.774. The molecule has 5 heteroatoms. The van der Waals surface area contributed by atoms with E-state index in [-0.39, 0.29) is 11.9 Å². The predicted molar refractivity (Wildman–Crippen MR) is 63.7 cm³/mol. The van der Waals surface area contributed by atoms with E-state index in [1.54, 1.807) is 6.92 Å². The first-order chi connectivity index (χ1) is 8.22. The second-order valence-electron chi connectivity index (χ2n) is 3.49. The van der Waals surface area contributed by atoms with E-state index in [0.29, 0.717) is 0 Å². The number of hydrogen-bond donors (Lipinski definition) is 0. The van der Waals surface area contributed by atoms with E-state index in [1.165, 1.54) is 0 Å². The molecule has 0 aliphatic carbocycles. The summed E-state index contributed by atoms with van der Waals surface area (Å²) >= 11 is 1.02. The Morgan fingerprint density at radius 1 is 1.41 bits per heavy atom. The molecule has 1 fully saturated rings. The molecule has 0 unspecified atom stereocenters. The summed E-state index contributed by atoms with van der Waals surface area (Å²) in [5.74, 6) is -0.486. The summed E-state index contributed by atoms with van der Waals surface area (Å²) in [5.41, 5.74) is 0.890. The van der Waals surface area contributed by atoms with Gasteiger partial charge in [-0.05, 0) is 24.2 Å². The SMILES string of the molecule is CCOC(=O)[C@@H]1OC(=O)S[C@H]1c1ccccc1. The first-order valence-electron chi connectivity index (χ1n) is 5.31. The zero-order valence-electron chi connectivity index (χ0n) is 9.29. The Hall–Kier alpha value is -1.49. The molecule has 1 heterocycles. The number of benzene rings is 1. The molecule has 1 aromatic rings. The van der Waals surface area contributed by atoms with Crippen molar-refractivity contribution in [3.8, 4) is 0 Å². The summed E-state index contributed by atoms with van der Waals surface area (Å²) in [5, 5.41) is -0.750. The van der Waals surface area contributed by atoms with Crippen molar-refractivity contribution in [2.75, 3.05) is 6.61 Å². The largest absolute Gasteiger partial charge is 0.463 e. The van der Waals surface area contributed by atoms with Crippen LogP contribution in [0.1, 0.15) is 17.7 Å². The minimum atomic E-state index is -0.838. The zero-order valence-corrected chi connectivity index (χ0v) is 10.1. The second kappa shape index (κ2) is 5.23. The molecule has 1 saturated heterocycles. The number of carbonyl (C=O) groups excluding carboxylic acids is 2. The predicted octanol–water partition coefficient (Wildman–Crippen LogP) is 2.54. The Labute approximate surface area is 103 Å². The van der Waals surface area contributed by atoms with Crippen molar-refractivity contribution < 1.29 is 19.1 Å². The highest BCUT2D eigenvalue weighted by molar-refractivity contribution is 8.13. The van der Waals surface area contributed by atoms with Crippen LogP contribution in [0.3, 0.4) is 0 Å². The highest BCUT2D eigenvalue weighted by atomic mass is 32.2. The van der Waals surface area contributed by atoms with E-state index in [4.69, 9.17) is 9.47 Å². The van der Waals surface area contributed by atoms with Gasteiger partial charge in [-0.1, -0.05) is 30.3 Å². The van der Waals surface area contributed by atoms with Crippen molar-refractivity contribution in [1.29, 1.82) is 0 Å². The first kappa shape index (κ1) is 12.0. The van der Waals surface area contributed by atoms with Gasteiger partial charge in [0.25, 0.3) is 0 Å². The summed E-state index contributed by atoms with van der Waals surface area (Å²) in [6, 6.07) is 9.34. The standard InChI is InChI=1S/C12H12O4S/c1-2-15-11(13)9-10(17-12(14)16-9)8-6-4-3-5-7-8/h3-7,9-10H,2H2,1H3/t9-,10+/m1/s1. The van der Waals surface area contributed by atoms with E-state index >= 15 is 0 Å². The Balaban J connectivity index is 2.20. The summed E-state index contributed by atoms with van der Waals surface area (Å²) in [4.78, 5) is 22.9. The molecule has 17 heavy (non-hydrogen) atoms. The van der Waals surface area contributed by atoms with Gasteiger partial charge in [-0.15, -0.1) is 0 Å². The lowest BCUT2D eigenvalue weighted by Gasteiger charge is -2.14. The molecule has 2 rings (SSSR count). The average molecular weight is 252 g/mol. The van der Waals surface area contributed by atoms with E-state index in [9.17, 15) is 9.59 Å². The lowest BCUT2D eigenvalue weighted by Crippen LogP contribution is -2.27. The fraction of sp³-hybridized carbons (Fsp3) is 0.333. The Bertz CT molecular complexity index is 418. The zero-order chi connectivity index (χ0) is 12.3. The van der Waals surface area contributed by atoms with Crippen molar-refractivity contribution in [2.45, 2.75) is 18.3 Å². The van der Waals surface area contributed by atoms with Crippen molar-refractivity contribution in [1.82, 2.24) is 0 Å². The second-order valence-corrected chi connectivity index (χ2v) is 4.57. The minimum absolute atomic E-state index is 0.277. The van der Waals surface area contributed by atoms with Gasteiger partial charge in [-0.2, -0.15) is 0 Å². The number of thioether (sulfide) groups is 1. The third-order valence-corrected chi connectivity index (χ3v) is 3.43. The summed E-state index contributed by atoms with van der Waals surface area (Å²) < 4.78 is 9.89. The summed E-state index contributed by atoms with van der Waals surface area (Å²) in [6.07, 6.45) is -0.838. The van der Waals surface area contributed by atoms with Gasteiger partial charge in [0.2, 0.25) is 6.10 Å². The molecule has 1 aromatic carbocycles. The molecule has 1 aliphatic rings. The molecule has 0 amide bonds. The number of esters is 1. The number of carbonyl (C=O) groups is 2. The average Bonchev–Trinajstić information content (AvgIpc) is 2.73. The van der Waals surface area contributed by atoms with Crippen LogP contribution in [0.5, 0.6) is 0 Å². The van der Waals surface area contributed by atoms with Gasteiger partial charge < -0.3 is 9.47 Å². The van der Waals surface area contributed by atoms with Crippen LogP contribution in [0.4, 0.5) is 4.79 Å². The maximum atomic E-state index is 11.7. The Morgan fingerprint density at radius 2 is 2.12 bits per heavy atom. The summed E-state index contributed by atoms with van der Waals surface area (Å²) in [7, 11) is 0.